The summed E-state index contributed by atoms with van der Waals surface area (Å²) >= 11 is 12.9. The number of hydrogen-bond acceptors (Lipinski definition) is 2. The van der Waals surface area contributed by atoms with Crippen molar-refractivity contribution in [2.75, 3.05) is 13.1 Å². The molecule has 0 spiro atoms. The Balaban J connectivity index is 2.01. The second-order valence-electron chi connectivity index (χ2n) is 7.63. The molecule has 3 nitrogen and oxygen atoms in total. The lowest BCUT2D eigenvalue weighted by Crippen LogP contribution is -2.29. The van der Waals surface area contributed by atoms with E-state index in [9.17, 15) is 8.42 Å². The third-order valence-corrected chi connectivity index (χ3v) is 8.22. The van der Waals surface area contributed by atoms with Gasteiger partial charge in [0.1, 0.15) is 0 Å². The quantitative estimate of drug-likeness (QED) is 0.361. The van der Waals surface area contributed by atoms with Gasteiger partial charge in [-0.15, -0.1) is 17.3 Å². The van der Waals surface area contributed by atoms with Crippen molar-refractivity contribution in [2.24, 2.45) is 5.92 Å². The molecule has 160 valence electrons. The van der Waals surface area contributed by atoms with E-state index in [1.165, 1.54) is 9.88 Å². The maximum absolute atomic E-state index is 13.3. The minimum absolute atomic E-state index is 0.152. The number of rotatable bonds is 6. The van der Waals surface area contributed by atoms with Crippen molar-refractivity contribution in [1.82, 2.24) is 4.31 Å². The van der Waals surface area contributed by atoms with E-state index in [0.717, 1.165) is 29.5 Å². The molecule has 2 aromatic carbocycles. The molecular weight excluding hydrogens is 437 g/mol. The summed E-state index contributed by atoms with van der Waals surface area (Å²) in [6.07, 6.45) is 1.76. The molecule has 0 N–H and O–H groups in total. The Labute approximate surface area is 190 Å². The van der Waals surface area contributed by atoms with Crippen molar-refractivity contribution in [1.29, 1.82) is 0 Å². The summed E-state index contributed by atoms with van der Waals surface area (Å²) in [6, 6.07) is 14.4. The number of alkyl halides is 1. The van der Waals surface area contributed by atoms with Crippen LogP contribution in [0.15, 0.2) is 70.3 Å². The van der Waals surface area contributed by atoms with Crippen LogP contribution < -0.4 is 0 Å². The lowest BCUT2D eigenvalue weighted by Gasteiger charge is -2.19. The van der Waals surface area contributed by atoms with E-state index in [1.54, 1.807) is 12.1 Å². The summed E-state index contributed by atoms with van der Waals surface area (Å²) in [7, 11) is -3.61. The maximum Gasteiger partial charge on any atom is 0.243 e. The number of benzene rings is 2. The van der Waals surface area contributed by atoms with Crippen molar-refractivity contribution < 1.29 is 8.42 Å². The Morgan fingerprint density at radius 2 is 1.70 bits per heavy atom. The summed E-state index contributed by atoms with van der Waals surface area (Å²) in [6.45, 7) is 6.76. The average Bonchev–Trinajstić information content (AvgIpc) is 3.17. The smallest absolute Gasteiger partial charge is 0.207 e. The van der Waals surface area contributed by atoms with E-state index in [2.05, 4.69) is 19.6 Å². The van der Waals surface area contributed by atoms with Crippen LogP contribution in [0.4, 0.5) is 0 Å². The van der Waals surface area contributed by atoms with Crippen molar-refractivity contribution in [3.63, 3.8) is 0 Å². The highest BCUT2D eigenvalue weighted by Gasteiger charge is 2.39. The van der Waals surface area contributed by atoms with E-state index < -0.39 is 10.0 Å². The Kier molecular flexibility index (Phi) is 7.49. The maximum atomic E-state index is 13.3. The van der Waals surface area contributed by atoms with Crippen molar-refractivity contribution in [2.45, 2.75) is 43.9 Å². The molecule has 1 heterocycles. The molecule has 0 aromatic heterocycles. The fourth-order valence-corrected chi connectivity index (χ4v) is 5.63. The predicted molar refractivity (Wildman–Crippen MR) is 125 cm³/mol. The summed E-state index contributed by atoms with van der Waals surface area (Å²) in [5, 5.41) is 0.283. The van der Waals surface area contributed by atoms with Gasteiger partial charge in [0.25, 0.3) is 0 Å². The Morgan fingerprint density at radius 3 is 2.27 bits per heavy atom. The molecule has 2 atom stereocenters. The van der Waals surface area contributed by atoms with Gasteiger partial charge in [-0.05, 0) is 60.7 Å². The first kappa shape index (κ1) is 23.1. The van der Waals surface area contributed by atoms with Gasteiger partial charge in [-0.3, -0.25) is 0 Å². The van der Waals surface area contributed by atoms with E-state index in [4.69, 9.17) is 23.2 Å². The van der Waals surface area contributed by atoms with Gasteiger partial charge in [0.2, 0.25) is 10.0 Å². The van der Waals surface area contributed by atoms with Crippen molar-refractivity contribution in [3.05, 3.63) is 81.6 Å². The zero-order chi connectivity index (χ0) is 21.9. The molecule has 0 bridgehead atoms. The van der Waals surface area contributed by atoms with Crippen LogP contribution >= 0.6 is 23.2 Å². The fourth-order valence-electron chi connectivity index (χ4n) is 3.68. The fraction of sp³-hybridized carbons (Fsp3) is 0.375. The van der Waals surface area contributed by atoms with Crippen LogP contribution in [0, 0.1) is 12.8 Å². The Bertz CT molecular complexity index is 1050. The van der Waals surface area contributed by atoms with Gasteiger partial charge < -0.3 is 0 Å². The minimum Gasteiger partial charge on any atom is -0.207 e. The molecule has 0 aliphatic carbocycles. The highest BCUT2D eigenvalue weighted by atomic mass is 35.5. The highest BCUT2D eigenvalue weighted by Crippen LogP contribution is 2.40. The molecular formula is C24H27Cl2NO2S. The molecule has 0 saturated carbocycles. The second kappa shape index (κ2) is 9.72. The molecule has 1 aliphatic heterocycles. The molecule has 1 saturated heterocycles. The van der Waals surface area contributed by atoms with Gasteiger partial charge in [-0.25, -0.2) is 8.42 Å². The topological polar surface area (TPSA) is 37.4 Å². The Morgan fingerprint density at radius 1 is 1.10 bits per heavy atom. The third kappa shape index (κ3) is 5.01. The summed E-state index contributed by atoms with van der Waals surface area (Å²) in [4.78, 5) is 0.306. The standard InChI is InChI=1S/C24H27Cl2NO2S/c1-4-18(5-2)14-20-15-27(30(28,29)22-12-6-17(3)7-13-22)16-23(20)24(26)19-8-10-21(25)11-9-19/h6-13,23-24H,4-5,15-16H2,1-3H3/t23-,24+/m1/s1. The number of nitrogens with zero attached hydrogens (tertiary/aromatic N) is 1. The number of aryl methyl sites for hydroxylation is 1. The van der Waals surface area contributed by atoms with Crippen LogP contribution in [0.1, 0.15) is 43.2 Å². The van der Waals surface area contributed by atoms with E-state index in [0.29, 0.717) is 23.0 Å². The summed E-state index contributed by atoms with van der Waals surface area (Å²) in [5.74, 6) is -0.152. The van der Waals surface area contributed by atoms with Gasteiger partial charge in [-0.2, -0.15) is 4.31 Å². The molecule has 6 heteroatoms. The van der Waals surface area contributed by atoms with Gasteiger partial charge >= 0.3 is 0 Å². The van der Waals surface area contributed by atoms with Crippen molar-refractivity contribution in [3.8, 4) is 0 Å². The zero-order valence-electron chi connectivity index (χ0n) is 17.5. The highest BCUT2D eigenvalue weighted by molar-refractivity contribution is 7.89. The molecule has 30 heavy (non-hydrogen) atoms. The minimum atomic E-state index is -3.61. The predicted octanol–water partition coefficient (Wildman–Crippen LogP) is 6.52. The molecule has 0 amide bonds. The molecule has 0 radical (unpaired) electrons. The number of halogens is 2. The first-order valence-corrected chi connectivity index (χ1v) is 12.5. The average molecular weight is 464 g/mol. The van der Waals surface area contributed by atoms with Gasteiger partial charge in [-0.1, -0.05) is 55.3 Å². The number of hydrogen-bond donors (Lipinski definition) is 0. The largest absolute Gasteiger partial charge is 0.243 e. The van der Waals surface area contributed by atoms with Crippen LogP contribution in [0.25, 0.3) is 0 Å². The van der Waals surface area contributed by atoms with Crippen molar-refractivity contribution >= 4 is 33.2 Å². The lowest BCUT2D eigenvalue weighted by atomic mass is 9.93. The number of sulfonamides is 1. The lowest BCUT2D eigenvalue weighted by molar-refractivity contribution is 0.453. The summed E-state index contributed by atoms with van der Waals surface area (Å²) < 4.78 is 28.1. The summed E-state index contributed by atoms with van der Waals surface area (Å²) in [5.41, 5.74) is 7.57. The monoisotopic (exact) mass is 463 g/mol. The van der Waals surface area contributed by atoms with E-state index >= 15 is 0 Å². The Hall–Kier alpha value is -1.55. The third-order valence-electron chi connectivity index (χ3n) is 5.59. The molecule has 2 aromatic rings. The van der Waals surface area contributed by atoms with Crippen LogP contribution in [0.5, 0.6) is 0 Å². The molecule has 1 aliphatic rings. The zero-order valence-corrected chi connectivity index (χ0v) is 19.9. The van der Waals surface area contributed by atoms with Crippen LogP contribution in [0.3, 0.4) is 0 Å². The molecule has 3 rings (SSSR count). The van der Waals surface area contributed by atoms with E-state index in [1.807, 2.05) is 43.3 Å². The van der Waals surface area contributed by atoms with Crippen LogP contribution in [0.2, 0.25) is 5.02 Å². The van der Waals surface area contributed by atoms with Crippen LogP contribution in [-0.4, -0.2) is 25.8 Å². The first-order valence-electron chi connectivity index (χ1n) is 10.2. The normalized spacial score (nSPS) is 18.3. The molecule has 0 unspecified atom stereocenters. The molecule has 1 fully saturated rings. The van der Waals surface area contributed by atoms with Crippen LogP contribution in [-0.2, 0) is 10.0 Å². The van der Waals surface area contributed by atoms with E-state index in [-0.39, 0.29) is 11.3 Å². The van der Waals surface area contributed by atoms with Gasteiger partial charge in [0, 0.05) is 24.0 Å². The SMILES string of the molecule is CCC(=C=C1CN(S(=O)(=O)c2ccc(C)cc2)C[C@H]1[C@@H](Cl)c1ccc(Cl)cc1)CC. The second-order valence-corrected chi connectivity index (χ2v) is 10.5. The first-order chi connectivity index (χ1) is 14.3. The van der Waals surface area contributed by atoms with Gasteiger partial charge in [0.15, 0.2) is 0 Å². The van der Waals surface area contributed by atoms with Gasteiger partial charge in [0.05, 0.1) is 10.3 Å².